The van der Waals surface area contributed by atoms with Crippen LogP contribution in [0.2, 0.25) is 5.02 Å². The van der Waals surface area contributed by atoms with E-state index in [2.05, 4.69) is 15.3 Å². The third-order valence-electron chi connectivity index (χ3n) is 5.61. The van der Waals surface area contributed by atoms with Gasteiger partial charge in [0.1, 0.15) is 4.83 Å². The van der Waals surface area contributed by atoms with Gasteiger partial charge < -0.3 is 10.3 Å². The van der Waals surface area contributed by atoms with Gasteiger partial charge in [0.05, 0.1) is 21.0 Å². The quantitative estimate of drug-likeness (QED) is 0.339. The van der Waals surface area contributed by atoms with Crippen molar-refractivity contribution in [3.63, 3.8) is 0 Å². The molecule has 0 bridgehead atoms. The number of benzene rings is 2. The van der Waals surface area contributed by atoms with Crippen molar-refractivity contribution in [2.75, 3.05) is 5.32 Å². The molecule has 0 atom stereocenters. The minimum atomic E-state index is -0.300. The molecule has 0 radical (unpaired) electrons. The highest BCUT2D eigenvalue weighted by Crippen LogP contribution is 2.34. The molecular formula is C25H19Cl2N3O2S. The predicted octanol–water partition coefficient (Wildman–Crippen LogP) is 6.51. The lowest BCUT2D eigenvalue weighted by molar-refractivity contribution is 0.102. The Morgan fingerprint density at radius 1 is 1.12 bits per heavy atom. The fourth-order valence-corrected chi connectivity index (χ4v) is 5.74. The van der Waals surface area contributed by atoms with Crippen molar-refractivity contribution in [2.24, 2.45) is 0 Å². The van der Waals surface area contributed by atoms with E-state index in [-0.39, 0.29) is 11.5 Å². The number of thiophene rings is 1. The number of nitrogens with zero attached hydrogens (tertiary/aromatic N) is 1. The van der Waals surface area contributed by atoms with E-state index >= 15 is 0 Å². The smallest absolute Gasteiger partial charge is 0.260 e. The van der Waals surface area contributed by atoms with Crippen LogP contribution in [-0.2, 0) is 12.8 Å². The van der Waals surface area contributed by atoms with Gasteiger partial charge in [-0.1, -0.05) is 47.5 Å². The summed E-state index contributed by atoms with van der Waals surface area (Å²) in [6, 6.07) is 14.1. The summed E-state index contributed by atoms with van der Waals surface area (Å²) >= 11 is 14.2. The van der Waals surface area contributed by atoms with Crippen LogP contribution in [-0.4, -0.2) is 15.9 Å². The number of aromatic nitrogens is 2. The first-order valence-corrected chi connectivity index (χ1v) is 12.1. The highest BCUT2D eigenvalue weighted by atomic mass is 35.5. The number of anilines is 1. The van der Waals surface area contributed by atoms with Crippen molar-refractivity contribution in [1.82, 2.24) is 9.97 Å². The number of fused-ring (bicyclic) bond motifs is 3. The zero-order chi connectivity index (χ0) is 22.9. The van der Waals surface area contributed by atoms with E-state index in [1.807, 2.05) is 12.1 Å². The lowest BCUT2D eigenvalue weighted by atomic mass is 9.97. The van der Waals surface area contributed by atoms with Crippen LogP contribution in [0.4, 0.5) is 5.69 Å². The normalized spacial score (nSPS) is 13.7. The monoisotopic (exact) mass is 495 g/mol. The summed E-state index contributed by atoms with van der Waals surface area (Å²) in [6.45, 7) is 0. The number of halogens is 2. The minimum Gasteiger partial charge on any atom is -0.322 e. The Balaban J connectivity index is 1.43. The van der Waals surface area contributed by atoms with E-state index in [1.54, 1.807) is 53.8 Å². The van der Waals surface area contributed by atoms with E-state index in [0.717, 1.165) is 41.6 Å². The molecule has 2 aromatic carbocycles. The Kier molecular flexibility index (Phi) is 6.06. The molecule has 5 rings (SSSR count). The lowest BCUT2D eigenvalue weighted by Gasteiger charge is -2.09. The number of carbonyl (C=O) groups is 1. The zero-order valence-corrected chi connectivity index (χ0v) is 19.8. The Labute approximate surface area is 204 Å². The molecule has 0 saturated carbocycles. The molecule has 4 aromatic rings. The van der Waals surface area contributed by atoms with Crippen LogP contribution in [0.15, 0.2) is 53.3 Å². The summed E-state index contributed by atoms with van der Waals surface area (Å²) in [5.41, 5.74) is 2.74. The number of hydrogen-bond donors (Lipinski definition) is 2. The molecule has 2 N–H and O–H groups in total. The first-order chi connectivity index (χ1) is 16.0. The van der Waals surface area contributed by atoms with Gasteiger partial charge in [-0.05, 0) is 67.2 Å². The molecule has 33 heavy (non-hydrogen) atoms. The fourth-order valence-electron chi connectivity index (χ4n) is 4.04. The molecule has 2 aromatic heterocycles. The molecule has 1 amide bonds. The van der Waals surface area contributed by atoms with E-state index in [9.17, 15) is 9.59 Å². The molecule has 0 aliphatic heterocycles. The van der Waals surface area contributed by atoms with Gasteiger partial charge in [-0.3, -0.25) is 9.59 Å². The van der Waals surface area contributed by atoms with Crippen molar-refractivity contribution < 1.29 is 4.79 Å². The summed E-state index contributed by atoms with van der Waals surface area (Å²) in [7, 11) is 0. The molecule has 0 spiro atoms. The molecular weight excluding hydrogens is 477 g/mol. The second kappa shape index (κ2) is 9.14. The van der Waals surface area contributed by atoms with Crippen LogP contribution < -0.4 is 10.9 Å². The van der Waals surface area contributed by atoms with E-state index < -0.39 is 0 Å². The SMILES string of the molecule is O=C(Nc1cccc(/C=C(\Cl)c2nc3sc4c(c3c(=O)[nH]2)CCCC4)c1)c1ccccc1Cl. The third-order valence-corrected chi connectivity index (χ3v) is 7.41. The van der Waals surface area contributed by atoms with Gasteiger partial charge in [0.15, 0.2) is 5.82 Å². The summed E-state index contributed by atoms with van der Waals surface area (Å²) in [6.07, 6.45) is 5.89. The number of rotatable bonds is 4. The van der Waals surface area contributed by atoms with Crippen molar-refractivity contribution >= 4 is 67.5 Å². The average Bonchev–Trinajstić information content (AvgIpc) is 3.18. The zero-order valence-electron chi connectivity index (χ0n) is 17.5. The Hall–Kier alpha value is -2.93. The third kappa shape index (κ3) is 4.47. The number of nitrogens with one attached hydrogen (secondary N) is 2. The second-order valence-corrected chi connectivity index (χ2v) is 9.76. The molecule has 1 aliphatic rings. The standard InChI is InChI=1S/C25H19Cl2N3O2S/c26-18-10-3-1-8-16(18)23(31)28-15-7-5-6-14(12-15)13-19(27)22-29-24(32)21-17-9-2-4-11-20(17)33-25(21)30-22/h1,3,5-8,10,12-13H,2,4,9,11H2,(H,28,31)(H,29,30,32)/b19-13-. The Morgan fingerprint density at radius 3 is 2.79 bits per heavy atom. The van der Waals surface area contributed by atoms with Crippen molar-refractivity contribution in [3.05, 3.63) is 91.3 Å². The van der Waals surface area contributed by atoms with Crippen molar-refractivity contribution in [3.8, 4) is 0 Å². The van der Waals surface area contributed by atoms with E-state index in [4.69, 9.17) is 23.2 Å². The first-order valence-electron chi connectivity index (χ1n) is 10.6. The van der Waals surface area contributed by atoms with Crippen molar-refractivity contribution in [1.29, 1.82) is 0 Å². The molecule has 0 unspecified atom stereocenters. The topological polar surface area (TPSA) is 74.8 Å². The van der Waals surface area contributed by atoms with Gasteiger partial charge in [-0.25, -0.2) is 4.98 Å². The van der Waals surface area contributed by atoms with Crippen LogP contribution in [0.1, 0.15) is 45.0 Å². The van der Waals surface area contributed by atoms with Crippen molar-refractivity contribution in [2.45, 2.75) is 25.7 Å². The van der Waals surface area contributed by atoms with Gasteiger partial charge in [0.25, 0.3) is 11.5 Å². The van der Waals surface area contributed by atoms with Crippen LogP contribution >= 0.6 is 34.5 Å². The average molecular weight is 496 g/mol. The Bertz CT molecular complexity index is 1470. The van der Waals surface area contributed by atoms with Crippen LogP contribution in [0, 0.1) is 0 Å². The number of aromatic amines is 1. The lowest BCUT2D eigenvalue weighted by Crippen LogP contribution is -2.12. The number of carbonyl (C=O) groups excluding carboxylic acids is 1. The predicted molar refractivity (Wildman–Crippen MR) is 136 cm³/mol. The fraction of sp³-hybridized carbons (Fsp3) is 0.160. The largest absolute Gasteiger partial charge is 0.322 e. The van der Waals surface area contributed by atoms with Gasteiger partial charge in [-0.15, -0.1) is 11.3 Å². The number of hydrogen-bond acceptors (Lipinski definition) is 4. The van der Waals surface area contributed by atoms with E-state index in [0.29, 0.717) is 32.5 Å². The van der Waals surface area contributed by atoms with Crippen LogP contribution in [0.5, 0.6) is 0 Å². The van der Waals surface area contributed by atoms with Crippen LogP contribution in [0.3, 0.4) is 0 Å². The van der Waals surface area contributed by atoms with Crippen LogP contribution in [0.25, 0.3) is 21.3 Å². The molecule has 2 heterocycles. The maximum absolute atomic E-state index is 12.8. The molecule has 0 fully saturated rings. The summed E-state index contributed by atoms with van der Waals surface area (Å²) in [5, 5.41) is 4.25. The maximum atomic E-state index is 12.8. The maximum Gasteiger partial charge on any atom is 0.260 e. The van der Waals surface area contributed by atoms with Gasteiger partial charge in [0, 0.05) is 10.6 Å². The summed E-state index contributed by atoms with van der Waals surface area (Å²) in [4.78, 5) is 34.8. The second-order valence-electron chi connectivity index (χ2n) is 7.86. The van der Waals surface area contributed by atoms with E-state index in [1.165, 1.54) is 4.88 Å². The number of H-pyrrole nitrogens is 1. The highest BCUT2D eigenvalue weighted by Gasteiger charge is 2.20. The summed E-state index contributed by atoms with van der Waals surface area (Å²) in [5.74, 6) is 0.0317. The molecule has 166 valence electrons. The van der Waals surface area contributed by atoms with Gasteiger partial charge in [-0.2, -0.15) is 0 Å². The Morgan fingerprint density at radius 2 is 1.94 bits per heavy atom. The summed E-state index contributed by atoms with van der Waals surface area (Å²) < 4.78 is 0. The number of amides is 1. The minimum absolute atomic E-state index is 0.151. The molecule has 8 heteroatoms. The first kappa shape index (κ1) is 21.9. The molecule has 0 saturated heterocycles. The highest BCUT2D eigenvalue weighted by molar-refractivity contribution is 7.18. The number of aryl methyl sites for hydroxylation is 2. The van der Waals surface area contributed by atoms with Gasteiger partial charge in [0.2, 0.25) is 0 Å². The molecule has 1 aliphatic carbocycles. The van der Waals surface area contributed by atoms with Gasteiger partial charge >= 0.3 is 0 Å². The molecule has 5 nitrogen and oxygen atoms in total.